The monoisotopic (exact) mass is 415 g/mol. The summed E-state index contributed by atoms with van der Waals surface area (Å²) in [5, 5.41) is 12.1. The molecule has 1 amide bonds. The molecule has 0 unspecified atom stereocenters. The standard InChI is InChI=1S/C17H23F2N5O3S/c1-17(2,3)24-16(20-21-22-24)28-10-14(25)23(4)9-11-6-7-12(27-15(18)19)13(8-11)26-5/h6-8,15H,9-10H2,1-5H3. The summed E-state index contributed by atoms with van der Waals surface area (Å²) in [5.74, 6) is 0.161. The minimum atomic E-state index is -2.94. The molecule has 0 aliphatic heterocycles. The molecule has 2 rings (SSSR count). The van der Waals surface area contributed by atoms with Crippen molar-refractivity contribution >= 4 is 17.7 Å². The number of amides is 1. The fourth-order valence-electron chi connectivity index (χ4n) is 2.29. The van der Waals surface area contributed by atoms with Crippen LogP contribution in [0.2, 0.25) is 0 Å². The number of halogens is 2. The van der Waals surface area contributed by atoms with Gasteiger partial charge in [0.15, 0.2) is 11.5 Å². The highest BCUT2D eigenvalue weighted by Gasteiger charge is 2.21. The normalized spacial score (nSPS) is 11.6. The van der Waals surface area contributed by atoms with Crippen LogP contribution in [0.25, 0.3) is 0 Å². The summed E-state index contributed by atoms with van der Waals surface area (Å²) < 4.78 is 36.0. The van der Waals surface area contributed by atoms with Crippen LogP contribution in [-0.2, 0) is 16.9 Å². The molecule has 0 atom stereocenters. The maximum Gasteiger partial charge on any atom is 0.387 e. The molecule has 0 aliphatic carbocycles. The van der Waals surface area contributed by atoms with E-state index in [1.54, 1.807) is 23.9 Å². The molecule has 0 radical (unpaired) electrons. The topological polar surface area (TPSA) is 82.4 Å². The van der Waals surface area contributed by atoms with Crippen molar-refractivity contribution in [3.05, 3.63) is 23.8 Å². The average Bonchev–Trinajstić information content (AvgIpc) is 3.09. The smallest absolute Gasteiger partial charge is 0.387 e. The first kappa shape index (κ1) is 21.9. The highest BCUT2D eigenvalue weighted by molar-refractivity contribution is 7.99. The number of alkyl halides is 2. The molecule has 0 spiro atoms. The number of aromatic nitrogens is 4. The zero-order valence-corrected chi connectivity index (χ0v) is 17.2. The molecule has 0 saturated carbocycles. The van der Waals surface area contributed by atoms with Crippen molar-refractivity contribution in [1.82, 2.24) is 25.1 Å². The number of nitrogens with zero attached hydrogens (tertiary/aromatic N) is 5. The molecule has 2 aromatic rings. The number of thioether (sulfide) groups is 1. The van der Waals surface area contributed by atoms with Crippen molar-refractivity contribution in [2.24, 2.45) is 0 Å². The second kappa shape index (κ2) is 9.18. The lowest BCUT2D eigenvalue weighted by Crippen LogP contribution is -2.28. The first-order valence-corrected chi connectivity index (χ1v) is 9.37. The molecule has 1 aromatic carbocycles. The molecule has 0 aliphatic rings. The zero-order valence-electron chi connectivity index (χ0n) is 16.3. The SMILES string of the molecule is COc1cc(CN(C)C(=O)CSc2nnnn2C(C)(C)C)ccc1OC(F)F. The summed E-state index contributed by atoms with van der Waals surface area (Å²) in [6, 6.07) is 4.57. The largest absolute Gasteiger partial charge is 0.493 e. The Labute approximate surface area is 166 Å². The fourth-order valence-corrected chi connectivity index (χ4v) is 3.29. The van der Waals surface area contributed by atoms with Crippen LogP contribution in [0.3, 0.4) is 0 Å². The van der Waals surface area contributed by atoms with Crippen LogP contribution < -0.4 is 9.47 Å². The molecule has 0 N–H and O–H groups in total. The van der Waals surface area contributed by atoms with Gasteiger partial charge in [-0.25, -0.2) is 4.68 Å². The van der Waals surface area contributed by atoms with E-state index in [0.29, 0.717) is 5.16 Å². The molecular weight excluding hydrogens is 392 g/mol. The minimum Gasteiger partial charge on any atom is -0.493 e. The van der Waals surface area contributed by atoms with Crippen molar-refractivity contribution in [2.45, 2.75) is 44.6 Å². The Morgan fingerprint density at radius 2 is 2.04 bits per heavy atom. The van der Waals surface area contributed by atoms with Gasteiger partial charge in [-0.3, -0.25) is 4.79 Å². The molecule has 154 valence electrons. The molecule has 1 heterocycles. The summed E-state index contributed by atoms with van der Waals surface area (Å²) >= 11 is 1.25. The first-order valence-electron chi connectivity index (χ1n) is 8.39. The van der Waals surface area contributed by atoms with E-state index < -0.39 is 6.61 Å². The van der Waals surface area contributed by atoms with Gasteiger partial charge in [-0.1, -0.05) is 17.8 Å². The van der Waals surface area contributed by atoms with Gasteiger partial charge in [0.1, 0.15) is 0 Å². The minimum absolute atomic E-state index is 0.0557. The number of rotatable bonds is 8. The number of methoxy groups -OCH3 is 1. The Hall–Kier alpha value is -2.43. The number of carbonyl (C=O) groups is 1. The Bertz CT molecular complexity index is 810. The second-order valence-corrected chi connectivity index (χ2v) is 7.89. The Morgan fingerprint density at radius 3 is 2.64 bits per heavy atom. The molecule has 28 heavy (non-hydrogen) atoms. The Balaban J connectivity index is 1.98. The van der Waals surface area contributed by atoms with Crippen LogP contribution in [-0.4, -0.2) is 57.5 Å². The van der Waals surface area contributed by atoms with E-state index in [1.807, 2.05) is 20.8 Å². The van der Waals surface area contributed by atoms with E-state index in [-0.39, 0.29) is 35.2 Å². The number of ether oxygens (including phenoxy) is 2. The van der Waals surface area contributed by atoms with Crippen LogP contribution in [0.5, 0.6) is 11.5 Å². The van der Waals surface area contributed by atoms with Crippen LogP contribution in [0.15, 0.2) is 23.4 Å². The van der Waals surface area contributed by atoms with Crippen molar-refractivity contribution in [3.8, 4) is 11.5 Å². The number of tetrazole rings is 1. The van der Waals surface area contributed by atoms with E-state index in [1.165, 1.54) is 29.8 Å². The molecule has 0 fully saturated rings. The molecule has 0 saturated heterocycles. The highest BCUT2D eigenvalue weighted by Crippen LogP contribution is 2.30. The summed E-state index contributed by atoms with van der Waals surface area (Å²) in [6.07, 6.45) is 0. The number of carbonyl (C=O) groups excluding carboxylic acids is 1. The quantitative estimate of drug-likeness (QED) is 0.613. The molecule has 11 heteroatoms. The molecular formula is C17H23F2N5O3S. The van der Waals surface area contributed by atoms with Crippen molar-refractivity contribution in [3.63, 3.8) is 0 Å². The zero-order chi connectivity index (χ0) is 20.9. The molecule has 8 nitrogen and oxygen atoms in total. The van der Waals surface area contributed by atoms with Gasteiger partial charge in [-0.05, 0) is 48.9 Å². The average molecular weight is 415 g/mol. The van der Waals surface area contributed by atoms with Crippen molar-refractivity contribution in [1.29, 1.82) is 0 Å². The van der Waals surface area contributed by atoms with Gasteiger partial charge < -0.3 is 14.4 Å². The third kappa shape index (κ3) is 5.78. The third-order valence-corrected chi connectivity index (χ3v) is 4.59. The van der Waals surface area contributed by atoms with Crippen LogP contribution in [0.1, 0.15) is 26.3 Å². The lowest BCUT2D eigenvalue weighted by molar-refractivity contribution is -0.127. The van der Waals surface area contributed by atoms with Gasteiger partial charge in [0.25, 0.3) is 0 Å². The van der Waals surface area contributed by atoms with Crippen LogP contribution >= 0.6 is 11.8 Å². The van der Waals surface area contributed by atoms with Gasteiger partial charge >= 0.3 is 6.61 Å². The Morgan fingerprint density at radius 1 is 1.32 bits per heavy atom. The molecule has 1 aromatic heterocycles. The van der Waals surface area contributed by atoms with Gasteiger partial charge in [0, 0.05) is 13.6 Å². The number of hydrogen-bond donors (Lipinski definition) is 0. The van der Waals surface area contributed by atoms with Crippen LogP contribution in [0, 0.1) is 0 Å². The van der Waals surface area contributed by atoms with Crippen molar-refractivity contribution in [2.75, 3.05) is 19.9 Å². The van der Waals surface area contributed by atoms with Crippen molar-refractivity contribution < 1.29 is 23.0 Å². The maximum atomic E-state index is 12.4. The van der Waals surface area contributed by atoms with Gasteiger partial charge in [-0.15, -0.1) is 5.10 Å². The van der Waals surface area contributed by atoms with E-state index >= 15 is 0 Å². The summed E-state index contributed by atoms with van der Waals surface area (Å²) in [5.41, 5.74) is 0.429. The fraction of sp³-hybridized carbons (Fsp3) is 0.529. The number of benzene rings is 1. The second-order valence-electron chi connectivity index (χ2n) is 6.95. The summed E-state index contributed by atoms with van der Waals surface area (Å²) in [4.78, 5) is 14.0. The predicted molar refractivity (Wildman–Crippen MR) is 99.6 cm³/mol. The number of hydrogen-bond acceptors (Lipinski definition) is 7. The van der Waals surface area contributed by atoms with Gasteiger partial charge in [-0.2, -0.15) is 8.78 Å². The highest BCUT2D eigenvalue weighted by atomic mass is 32.2. The van der Waals surface area contributed by atoms with E-state index in [4.69, 9.17) is 4.74 Å². The van der Waals surface area contributed by atoms with Gasteiger partial charge in [0.05, 0.1) is 18.4 Å². The lowest BCUT2D eigenvalue weighted by atomic mass is 10.1. The van der Waals surface area contributed by atoms with Crippen LogP contribution in [0.4, 0.5) is 8.78 Å². The predicted octanol–water partition coefficient (Wildman–Crippen LogP) is 2.79. The summed E-state index contributed by atoms with van der Waals surface area (Å²) in [7, 11) is 3.02. The summed E-state index contributed by atoms with van der Waals surface area (Å²) in [6.45, 7) is 3.25. The maximum absolute atomic E-state index is 12.4. The van der Waals surface area contributed by atoms with E-state index in [9.17, 15) is 13.6 Å². The lowest BCUT2D eigenvalue weighted by Gasteiger charge is -2.20. The molecule has 0 bridgehead atoms. The first-order chi connectivity index (χ1) is 13.1. The third-order valence-electron chi connectivity index (χ3n) is 3.69. The van der Waals surface area contributed by atoms with Gasteiger partial charge in [0.2, 0.25) is 11.1 Å². The Kier molecular flexibility index (Phi) is 7.17. The van der Waals surface area contributed by atoms with E-state index in [2.05, 4.69) is 20.3 Å². The van der Waals surface area contributed by atoms with E-state index in [0.717, 1.165) is 5.56 Å².